The van der Waals surface area contributed by atoms with Gasteiger partial charge in [0, 0.05) is 24.7 Å². The lowest BCUT2D eigenvalue weighted by Gasteiger charge is -2.11. The number of ether oxygens (including phenoxy) is 2. The highest BCUT2D eigenvalue weighted by Crippen LogP contribution is 2.24. The van der Waals surface area contributed by atoms with Crippen LogP contribution in [0.5, 0.6) is 11.5 Å². The number of ketones is 2. The molecule has 0 saturated heterocycles. The summed E-state index contributed by atoms with van der Waals surface area (Å²) in [6.07, 6.45) is 1.79. The number of carbonyl (C=O) groups is 2. The van der Waals surface area contributed by atoms with Crippen LogP contribution in [0.25, 0.3) is 0 Å². The molecule has 0 fully saturated rings. The predicted molar refractivity (Wildman–Crippen MR) is 105 cm³/mol. The number of guanidine groups is 1. The Kier molecular flexibility index (Phi) is 7.28. The maximum Gasteiger partial charge on any atom is 0.235 e. The highest BCUT2D eigenvalue weighted by molar-refractivity contribution is 6.36. The quantitative estimate of drug-likeness (QED) is 0.241. The van der Waals surface area contributed by atoms with Crippen LogP contribution in [0.2, 0.25) is 0 Å². The van der Waals surface area contributed by atoms with Gasteiger partial charge in [0.15, 0.2) is 18.6 Å². The molecule has 9 heteroatoms. The lowest BCUT2D eigenvalue weighted by molar-refractivity contribution is -0.136. The number of nitrogens with zero attached hydrogens (tertiary/aromatic N) is 3. The van der Waals surface area contributed by atoms with Crippen LogP contribution in [0.15, 0.2) is 47.5 Å². The van der Waals surface area contributed by atoms with Gasteiger partial charge in [-0.2, -0.15) is 10.5 Å². The van der Waals surface area contributed by atoms with Gasteiger partial charge in [0.25, 0.3) is 0 Å². The largest absolute Gasteiger partial charge is 0.495 e. The van der Waals surface area contributed by atoms with Crippen molar-refractivity contribution in [1.29, 1.82) is 10.5 Å². The molecule has 2 N–H and O–H groups in total. The summed E-state index contributed by atoms with van der Waals surface area (Å²) in [5.41, 5.74) is 1.34. The monoisotopic (exact) mass is 391 g/mol. The van der Waals surface area contributed by atoms with Crippen molar-refractivity contribution in [2.24, 2.45) is 4.99 Å². The first kappa shape index (κ1) is 20.9. The van der Waals surface area contributed by atoms with E-state index in [1.54, 1.807) is 48.7 Å². The van der Waals surface area contributed by atoms with Crippen molar-refractivity contribution in [3.05, 3.63) is 48.0 Å². The standard InChI is InChI=1S/C20H17N5O4/c1-13(26)18(27)11-29-17-5-3-4-15(8-17)24-20(23-12-22)25-16-7-6-14(10-21)19(9-16)28-2/h3-9H,11H2,1-2H3,(H2,23,24,25). The molecule has 2 rings (SSSR count). The molecule has 0 heterocycles. The van der Waals surface area contributed by atoms with Crippen molar-refractivity contribution in [2.45, 2.75) is 6.92 Å². The molecule has 9 nitrogen and oxygen atoms in total. The molecule has 0 saturated carbocycles. The summed E-state index contributed by atoms with van der Waals surface area (Å²) in [7, 11) is 1.44. The summed E-state index contributed by atoms with van der Waals surface area (Å²) in [6.45, 7) is 0.819. The van der Waals surface area contributed by atoms with Crippen molar-refractivity contribution < 1.29 is 19.1 Å². The molecule has 2 aromatic carbocycles. The molecule has 146 valence electrons. The average Bonchev–Trinajstić information content (AvgIpc) is 2.72. The Morgan fingerprint density at radius 1 is 1.17 bits per heavy atom. The van der Waals surface area contributed by atoms with E-state index in [0.29, 0.717) is 28.4 Å². The van der Waals surface area contributed by atoms with E-state index >= 15 is 0 Å². The fourth-order valence-electron chi connectivity index (χ4n) is 2.16. The van der Waals surface area contributed by atoms with Crippen LogP contribution < -0.4 is 20.1 Å². The van der Waals surface area contributed by atoms with Gasteiger partial charge in [-0.05, 0) is 24.3 Å². The van der Waals surface area contributed by atoms with E-state index in [4.69, 9.17) is 20.0 Å². The summed E-state index contributed by atoms with van der Waals surface area (Å²) in [5, 5.41) is 23.4. The number of nitriles is 2. The number of hydrogen-bond donors (Lipinski definition) is 2. The van der Waals surface area contributed by atoms with Gasteiger partial charge in [-0.15, -0.1) is 0 Å². The van der Waals surface area contributed by atoms with Gasteiger partial charge in [0.1, 0.15) is 17.6 Å². The van der Waals surface area contributed by atoms with E-state index in [-0.39, 0.29) is 12.6 Å². The second-order valence-electron chi connectivity index (χ2n) is 5.61. The molecule has 0 bridgehead atoms. The number of benzene rings is 2. The third-order valence-electron chi connectivity index (χ3n) is 3.58. The number of rotatable bonds is 7. The lowest BCUT2D eigenvalue weighted by Crippen LogP contribution is -2.26. The fraction of sp³-hybridized carbons (Fsp3) is 0.150. The van der Waals surface area contributed by atoms with Crippen LogP contribution >= 0.6 is 0 Å². The molecule has 0 aliphatic heterocycles. The maximum atomic E-state index is 11.4. The summed E-state index contributed by atoms with van der Waals surface area (Å²) >= 11 is 0. The molecule has 29 heavy (non-hydrogen) atoms. The second-order valence-corrected chi connectivity index (χ2v) is 5.61. The van der Waals surface area contributed by atoms with E-state index in [0.717, 1.165) is 0 Å². The van der Waals surface area contributed by atoms with Gasteiger partial charge in [0.05, 0.1) is 18.4 Å². The Balaban J connectivity index is 2.21. The van der Waals surface area contributed by atoms with Crippen LogP contribution in [-0.4, -0.2) is 31.2 Å². The number of methoxy groups -OCH3 is 1. The van der Waals surface area contributed by atoms with Crippen LogP contribution in [0, 0.1) is 22.8 Å². The molecule has 0 radical (unpaired) electrons. The minimum atomic E-state index is -0.633. The molecule has 0 aliphatic carbocycles. The molecular formula is C20H17N5O4. The number of Topliss-reactive ketones (excluding diaryl/α,β-unsaturated/α-hetero) is 2. The van der Waals surface area contributed by atoms with E-state index in [2.05, 4.69) is 15.6 Å². The van der Waals surface area contributed by atoms with Crippen molar-refractivity contribution >= 4 is 28.9 Å². The molecule has 0 spiro atoms. The summed E-state index contributed by atoms with van der Waals surface area (Å²) in [5.74, 6) is -0.371. The SMILES string of the molecule is COc1cc(N=C(NC#N)Nc2cccc(OCC(=O)C(C)=O)c2)ccc1C#N. The smallest absolute Gasteiger partial charge is 0.235 e. The fourth-order valence-corrected chi connectivity index (χ4v) is 2.16. The maximum absolute atomic E-state index is 11.4. The number of nitrogens with one attached hydrogen (secondary N) is 2. The molecule has 0 aliphatic rings. The number of aliphatic imine (C=N–C) groups is 1. The van der Waals surface area contributed by atoms with Crippen molar-refractivity contribution in [2.75, 3.05) is 19.0 Å². The first-order valence-corrected chi connectivity index (χ1v) is 8.32. The van der Waals surface area contributed by atoms with Crippen LogP contribution in [-0.2, 0) is 9.59 Å². The number of hydrogen-bond acceptors (Lipinski definition) is 7. The van der Waals surface area contributed by atoms with Crippen molar-refractivity contribution in [1.82, 2.24) is 5.32 Å². The predicted octanol–water partition coefficient (Wildman–Crippen LogP) is 2.27. The van der Waals surface area contributed by atoms with Crippen molar-refractivity contribution in [3.8, 4) is 23.8 Å². The third-order valence-corrected chi connectivity index (χ3v) is 3.58. The average molecular weight is 391 g/mol. The zero-order valence-electron chi connectivity index (χ0n) is 15.7. The minimum Gasteiger partial charge on any atom is -0.495 e. The zero-order chi connectivity index (χ0) is 21.2. The van der Waals surface area contributed by atoms with E-state index in [1.165, 1.54) is 14.0 Å². The van der Waals surface area contributed by atoms with Gasteiger partial charge < -0.3 is 14.8 Å². The molecular weight excluding hydrogens is 374 g/mol. The van der Waals surface area contributed by atoms with Gasteiger partial charge in [0.2, 0.25) is 11.7 Å². The van der Waals surface area contributed by atoms with Crippen LogP contribution in [0.1, 0.15) is 12.5 Å². The summed E-state index contributed by atoms with van der Waals surface area (Å²) < 4.78 is 10.5. The zero-order valence-corrected chi connectivity index (χ0v) is 15.7. The van der Waals surface area contributed by atoms with Gasteiger partial charge in [-0.3, -0.25) is 14.9 Å². The Morgan fingerprint density at radius 3 is 2.62 bits per heavy atom. The molecule has 0 aromatic heterocycles. The topological polar surface area (TPSA) is 137 Å². The summed E-state index contributed by atoms with van der Waals surface area (Å²) in [6, 6.07) is 13.3. The summed E-state index contributed by atoms with van der Waals surface area (Å²) in [4.78, 5) is 26.7. The van der Waals surface area contributed by atoms with E-state index in [1.807, 2.05) is 6.07 Å². The molecule has 2 aromatic rings. The van der Waals surface area contributed by atoms with E-state index in [9.17, 15) is 9.59 Å². The molecule has 0 unspecified atom stereocenters. The Hall–Kier alpha value is -4.37. The molecule has 0 atom stereocenters. The van der Waals surface area contributed by atoms with Gasteiger partial charge in [-0.25, -0.2) is 4.99 Å². The van der Waals surface area contributed by atoms with Crippen LogP contribution in [0.3, 0.4) is 0 Å². The van der Waals surface area contributed by atoms with Gasteiger partial charge in [-0.1, -0.05) is 6.07 Å². The van der Waals surface area contributed by atoms with Crippen molar-refractivity contribution in [3.63, 3.8) is 0 Å². The normalized spacial score (nSPS) is 10.3. The number of carbonyl (C=O) groups excluding carboxylic acids is 2. The Bertz CT molecular complexity index is 1030. The second kappa shape index (κ2) is 10.1. The highest BCUT2D eigenvalue weighted by atomic mass is 16.5. The minimum absolute atomic E-state index is 0.122. The highest BCUT2D eigenvalue weighted by Gasteiger charge is 2.09. The van der Waals surface area contributed by atoms with Gasteiger partial charge >= 0.3 is 0 Å². The van der Waals surface area contributed by atoms with E-state index < -0.39 is 11.6 Å². The third kappa shape index (κ3) is 6.08. The van der Waals surface area contributed by atoms with Crippen LogP contribution in [0.4, 0.5) is 11.4 Å². The number of anilines is 1. The Morgan fingerprint density at radius 2 is 1.97 bits per heavy atom. The Labute approximate surface area is 167 Å². The lowest BCUT2D eigenvalue weighted by atomic mass is 10.2. The molecule has 0 amide bonds. The first-order valence-electron chi connectivity index (χ1n) is 8.32. The first-order chi connectivity index (χ1) is 14.0.